The molecule has 0 saturated heterocycles. The van der Waals surface area contributed by atoms with Gasteiger partial charge in [0.2, 0.25) is 0 Å². The summed E-state index contributed by atoms with van der Waals surface area (Å²) in [6.07, 6.45) is 4.17. The second-order valence-corrected chi connectivity index (χ2v) is 5.12. The van der Waals surface area contributed by atoms with Crippen LogP contribution >= 0.6 is 0 Å². The monoisotopic (exact) mass is 218 g/mol. The normalized spacial score (nSPS) is 24.6. The predicted octanol–water partition coefficient (Wildman–Crippen LogP) is 3.43. The highest BCUT2D eigenvalue weighted by molar-refractivity contribution is 5.56. The minimum atomic E-state index is 0.845. The van der Waals surface area contributed by atoms with Crippen molar-refractivity contribution in [3.05, 3.63) is 23.8 Å². The largest absolute Gasteiger partial charge is 0.399 e. The Kier molecular flexibility index (Phi) is 3.37. The Hall–Kier alpha value is -1.18. The lowest BCUT2D eigenvalue weighted by Crippen LogP contribution is -2.16. The summed E-state index contributed by atoms with van der Waals surface area (Å²) in [6, 6.07) is 6.19. The number of nitrogens with one attached hydrogen (secondary N) is 1. The zero-order valence-electron chi connectivity index (χ0n) is 10.3. The van der Waals surface area contributed by atoms with E-state index in [2.05, 4.69) is 31.3 Å². The van der Waals surface area contributed by atoms with Crippen molar-refractivity contribution >= 4 is 11.4 Å². The topological polar surface area (TPSA) is 38.0 Å². The first-order valence-electron chi connectivity index (χ1n) is 6.27. The smallest absolute Gasteiger partial charge is 0.0345 e. The molecule has 88 valence electrons. The molecule has 2 heteroatoms. The van der Waals surface area contributed by atoms with Crippen molar-refractivity contribution in [2.75, 3.05) is 17.6 Å². The van der Waals surface area contributed by atoms with Crippen LogP contribution in [-0.4, -0.2) is 6.54 Å². The van der Waals surface area contributed by atoms with Gasteiger partial charge >= 0.3 is 0 Å². The highest BCUT2D eigenvalue weighted by Gasteiger charge is 2.22. The van der Waals surface area contributed by atoms with E-state index in [1.807, 2.05) is 6.07 Å². The molecule has 3 N–H and O–H groups in total. The molecular weight excluding hydrogens is 196 g/mol. The quantitative estimate of drug-likeness (QED) is 0.763. The Morgan fingerprint density at radius 3 is 2.81 bits per heavy atom. The first kappa shape index (κ1) is 11.3. The van der Waals surface area contributed by atoms with Crippen LogP contribution < -0.4 is 11.1 Å². The minimum Gasteiger partial charge on any atom is -0.399 e. The van der Waals surface area contributed by atoms with Crippen LogP contribution in [-0.2, 0) is 0 Å². The Morgan fingerprint density at radius 2 is 2.19 bits per heavy atom. The fourth-order valence-electron chi connectivity index (χ4n) is 2.56. The number of hydrogen-bond donors (Lipinski definition) is 2. The molecular formula is C14H22N2. The Labute approximate surface area is 98.2 Å². The molecule has 0 aliphatic heterocycles. The van der Waals surface area contributed by atoms with E-state index in [-0.39, 0.29) is 0 Å². The number of nitrogen functional groups attached to an aromatic ring is 1. The summed E-state index contributed by atoms with van der Waals surface area (Å²) in [4.78, 5) is 0. The van der Waals surface area contributed by atoms with Crippen LogP contribution in [0.5, 0.6) is 0 Å². The number of anilines is 2. The lowest BCUT2D eigenvalue weighted by molar-refractivity contribution is 0.439. The van der Waals surface area contributed by atoms with Gasteiger partial charge in [-0.05, 0) is 48.9 Å². The fourth-order valence-corrected chi connectivity index (χ4v) is 2.56. The molecule has 1 aliphatic carbocycles. The molecule has 0 spiro atoms. The molecule has 16 heavy (non-hydrogen) atoms. The number of nitrogens with two attached hydrogens (primary N) is 1. The van der Waals surface area contributed by atoms with Crippen LogP contribution in [0, 0.1) is 18.8 Å². The van der Waals surface area contributed by atoms with Crippen LogP contribution in [0.15, 0.2) is 18.2 Å². The Morgan fingerprint density at radius 1 is 1.38 bits per heavy atom. The van der Waals surface area contributed by atoms with Gasteiger partial charge in [-0.25, -0.2) is 0 Å². The number of rotatable bonds is 3. The van der Waals surface area contributed by atoms with Gasteiger partial charge in [-0.2, -0.15) is 0 Å². The number of aryl methyl sites for hydroxylation is 1. The maximum Gasteiger partial charge on any atom is 0.0345 e. The van der Waals surface area contributed by atoms with E-state index in [0.29, 0.717) is 0 Å². The molecule has 1 aromatic rings. The zero-order chi connectivity index (χ0) is 11.5. The van der Waals surface area contributed by atoms with Gasteiger partial charge in [-0.15, -0.1) is 0 Å². The van der Waals surface area contributed by atoms with Crippen molar-refractivity contribution in [2.24, 2.45) is 11.8 Å². The number of hydrogen-bond acceptors (Lipinski definition) is 2. The first-order chi connectivity index (χ1) is 7.66. The lowest BCUT2D eigenvalue weighted by Gasteiger charge is -2.17. The molecule has 1 fully saturated rings. The Balaban J connectivity index is 1.91. The van der Waals surface area contributed by atoms with E-state index in [0.717, 1.165) is 29.6 Å². The third-order valence-electron chi connectivity index (χ3n) is 3.88. The summed E-state index contributed by atoms with van der Waals surface area (Å²) in [5.74, 6) is 1.72. The van der Waals surface area contributed by atoms with Crippen molar-refractivity contribution in [1.29, 1.82) is 0 Å². The van der Waals surface area contributed by atoms with Crippen LogP contribution in [0.4, 0.5) is 11.4 Å². The predicted molar refractivity (Wildman–Crippen MR) is 70.6 cm³/mol. The zero-order valence-corrected chi connectivity index (χ0v) is 10.3. The molecule has 1 saturated carbocycles. The molecule has 2 rings (SSSR count). The lowest BCUT2D eigenvalue weighted by atomic mass is 9.98. The molecule has 1 aromatic carbocycles. The third kappa shape index (κ3) is 2.49. The highest BCUT2D eigenvalue weighted by Crippen LogP contribution is 2.31. The van der Waals surface area contributed by atoms with E-state index >= 15 is 0 Å². The molecule has 0 bridgehead atoms. The second kappa shape index (κ2) is 4.77. The average Bonchev–Trinajstić information content (AvgIpc) is 2.66. The molecule has 2 nitrogen and oxygen atoms in total. The second-order valence-electron chi connectivity index (χ2n) is 5.12. The van der Waals surface area contributed by atoms with Crippen LogP contribution in [0.25, 0.3) is 0 Å². The van der Waals surface area contributed by atoms with Gasteiger partial charge < -0.3 is 11.1 Å². The van der Waals surface area contributed by atoms with Gasteiger partial charge in [0.1, 0.15) is 0 Å². The van der Waals surface area contributed by atoms with E-state index in [9.17, 15) is 0 Å². The summed E-state index contributed by atoms with van der Waals surface area (Å²) in [5.41, 5.74) is 9.03. The van der Waals surface area contributed by atoms with Crippen LogP contribution in [0.3, 0.4) is 0 Å². The van der Waals surface area contributed by atoms with Gasteiger partial charge in [-0.3, -0.25) is 0 Å². The average molecular weight is 218 g/mol. The third-order valence-corrected chi connectivity index (χ3v) is 3.88. The fraction of sp³-hybridized carbons (Fsp3) is 0.571. The van der Waals surface area contributed by atoms with Crippen molar-refractivity contribution < 1.29 is 0 Å². The Bertz CT molecular complexity index is 360. The summed E-state index contributed by atoms with van der Waals surface area (Å²) in [7, 11) is 0. The minimum absolute atomic E-state index is 0.845. The molecule has 1 aliphatic rings. The van der Waals surface area contributed by atoms with Crippen molar-refractivity contribution in [1.82, 2.24) is 0 Å². The van der Waals surface area contributed by atoms with E-state index < -0.39 is 0 Å². The van der Waals surface area contributed by atoms with Crippen molar-refractivity contribution in [3.8, 4) is 0 Å². The van der Waals surface area contributed by atoms with Crippen LogP contribution in [0.1, 0.15) is 31.7 Å². The first-order valence-corrected chi connectivity index (χ1v) is 6.27. The maximum atomic E-state index is 5.80. The van der Waals surface area contributed by atoms with E-state index in [4.69, 9.17) is 5.73 Å². The summed E-state index contributed by atoms with van der Waals surface area (Å²) in [6.45, 7) is 5.52. The van der Waals surface area contributed by atoms with Gasteiger partial charge in [0.05, 0.1) is 0 Å². The highest BCUT2D eigenvalue weighted by atomic mass is 14.9. The molecule has 0 amide bonds. The maximum absolute atomic E-state index is 5.80. The summed E-state index contributed by atoms with van der Waals surface area (Å²) >= 11 is 0. The molecule has 2 atom stereocenters. The van der Waals surface area contributed by atoms with E-state index in [1.54, 1.807) is 0 Å². The molecule has 2 unspecified atom stereocenters. The SMILES string of the molecule is Cc1cc(NCC2CCCC2C)ccc1N. The van der Waals surface area contributed by atoms with Gasteiger partial charge in [-0.1, -0.05) is 19.8 Å². The van der Waals surface area contributed by atoms with Crippen LogP contribution in [0.2, 0.25) is 0 Å². The molecule has 0 aromatic heterocycles. The van der Waals surface area contributed by atoms with Crippen molar-refractivity contribution in [2.45, 2.75) is 33.1 Å². The van der Waals surface area contributed by atoms with Gasteiger partial charge in [0.15, 0.2) is 0 Å². The molecule has 0 heterocycles. The summed E-state index contributed by atoms with van der Waals surface area (Å²) < 4.78 is 0. The van der Waals surface area contributed by atoms with Crippen molar-refractivity contribution in [3.63, 3.8) is 0 Å². The summed E-state index contributed by atoms with van der Waals surface area (Å²) in [5, 5.41) is 3.53. The standard InChI is InChI=1S/C14H22N2/c1-10-4-3-5-12(10)9-16-13-6-7-14(15)11(2)8-13/h6-8,10,12,16H,3-5,9,15H2,1-2H3. The van der Waals surface area contributed by atoms with Gasteiger partial charge in [0, 0.05) is 17.9 Å². The van der Waals surface area contributed by atoms with Gasteiger partial charge in [0.25, 0.3) is 0 Å². The van der Waals surface area contributed by atoms with E-state index in [1.165, 1.54) is 24.9 Å². The molecule has 0 radical (unpaired) electrons. The number of benzene rings is 1.